The molecule has 1 aromatic heterocycles. The maximum Gasteiger partial charge on any atom is 0.226 e. The average molecular weight is 464 g/mol. The molecule has 7 heteroatoms. The predicted molar refractivity (Wildman–Crippen MR) is 140 cm³/mol. The van der Waals surface area contributed by atoms with Crippen molar-refractivity contribution >= 4 is 41.4 Å². The Bertz CT molecular complexity index is 1030. The van der Waals surface area contributed by atoms with Crippen LogP contribution in [0.1, 0.15) is 38.9 Å². The van der Waals surface area contributed by atoms with E-state index < -0.39 is 0 Å². The van der Waals surface area contributed by atoms with Crippen LogP contribution < -0.4 is 15.1 Å². The minimum absolute atomic E-state index is 0.0828. The van der Waals surface area contributed by atoms with Crippen molar-refractivity contribution in [3.63, 3.8) is 0 Å². The van der Waals surface area contributed by atoms with Gasteiger partial charge in [0.05, 0.1) is 0 Å². The minimum Gasteiger partial charge on any atom is -0.371 e. The van der Waals surface area contributed by atoms with Crippen LogP contribution in [-0.2, 0) is 4.79 Å². The van der Waals surface area contributed by atoms with E-state index in [4.69, 9.17) is 4.98 Å². The molecule has 0 bridgehead atoms. The molecule has 1 amide bonds. The zero-order valence-electron chi connectivity index (χ0n) is 19.7. The number of aromatic nitrogens is 2. The van der Waals surface area contributed by atoms with Gasteiger partial charge in [-0.05, 0) is 44.0 Å². The summed E-state index contributed by atoms with van der Waals surface area (Å²) in [5, 5.41) is 3.52. The van der Waals surface area contributed by atoms with Crippen LogP contribution in [-0.4, -0.2) is 35.5 Å². The number of nitrogens with zero attached hydrogens (tertiary/aromatic N) is 4. The van der Waals surface area contributed by atoms with E-state index in [0.717, 1.165) is 37.3 Å². The van der Waals surface area contributed by atoms with Gasteiger partial charge in [-0.3, -0.25) is 4.79 Å². The summed E-state index contributed by atoms with van der Waals surface area (Å²) >= 11 is 4.58. The first-order valence-corrected chi connectivity index (χ1v) is 12.0. The summed E-state index contributed by atoms with van der Waals surface area (Å²) in [7, 11) is 0. The molecule has 0 saturated carbocycles. The van der Waals surface area contributed by atoms with Crippen LogP contribution in [0, 0.1) is 6.92 Å². The molecule has 0 saturated heterocycles. The van der Waals surface area contributed by atoms with Crippen LogP contribution in [0.25, 0.3) is 0 Å². The van der Waals surface area contributed by atoms with Crippen LogP contribution in [0.2, 0.25) is 0 Å². The number of amides is 1. The van der Waals surface area contributed by atoms with Gasteiger partial charge in [-0.25, -0.2) is 9.97 Å². The lowest BCUT2D eigenvalue weighted by Gasteiger charge is -2.27. The smallest absolute Gasteiger partial charge is 0.226 e. The molecule has 1 heterocycles. The first-order valence-electron chi connectivity index (χ1n) is 11.5. The highest BCUT2D eigenvalue weighted by molar-refractivity contribution is 7.80. The normalized spacial score (nSPS) is 10.7. The summed E-state index contributed by atoms with van der Waals surface area (Å²) in [6, 6.07) is 20.3. The van der Waals surface area contributed by atoms with Gasteiger partial charge in [0.1, 0.15) is 16.5 Å². The van der Waals surface area contributed by atoms with Crippen LogP contribution in [0.3, 0.4) is 0 Å². The lowest BCUT2D eigenvalue weighted by molar-refractivity contribution is -0.116. The van der Waals surface area contributed by atoms with E-state index in [2.05, 4.69) is 58.7 Å². The fourth-order valence-electron chi connectivity index (χ4n) is 3.76. The highest BCUT2D eigenvalue weighted by atomic mass is 32.1. The summed E-state index contributed by atoms with van der Waals surface area (Å²) < 4.78 is 0. The molecular formula is C26H33N5OS. The fourth-order valence-corrected chi connectivity index (χ4v) is 4.06. The van der Waals surface area contributed by atoms with Crippen molar-refractivity contribution in [2.45, 2.75) is 45.1 Å². The summed E-state index contributed by atoms with van der Waals surface area (Å²) in [5.41, 5.74) is 2.69. The lowest BCUT2D eigenvalue weighted by Crippen LogP contribution is -2.29. The molecule has 3 rings (SSSR count). The van der Waals surface area contributed by atoms with Crippen LogP contribution in [0.5, 0.6) is 0 Å². The molecule has 0 fully saturated rings. The van der Waals surface area contributed by atoms with Gasteiger partial charge in [-0.1, -0.05) is 50.2 Å². The molecular weight excluding hydrogens is 430 g/mol. The number of hydrogen-bond donors (Lipinski definition) is 2. The van der Waals surface area contributed by atoms with Gasteiger partial charge >= 0.3 is 0 Å². The standard InChI is InChI=1S/C26H33N5OS/c1-4-17-30(21-12-8-6-9-13-21)19-16-23(32)29-24-25(27-20(3)28-26(24)33)31(18-5-2)22-14-10-7-11-15-22/h6-15H,4-5,16-19H2,1-3H3,(H,29,32)(H,27,28,33). The Morgan fingerprint density at radius 1 is 0.879 bits per heavy atom. The minimum atomic E-state index is -0.0828. The van der Waals surface area contributed by atoms with Crippen molar-refractivity contribution in [3.8, 4) is 0 Å². The Kier molecular flexibility index (Phi) is 9.13. The third-order valence-corrected chi connectivity index (χ3v) is 5.57. The number of aryl methyl sites for hydroxylation is 1. The number of anilines is 4. The summed E-state index contributed by atoms with van der Waals surface area (Å²) in [6.45, 7) is 8.39. The topological polar surface area (TPSA) is 61.4 Å². The van der Waals surface area contributed by atoms with E-state index in [9.17, 15) is 4.79 Å². The molecule has 0 spiro atoms. The summed E-state index contributed by atoms with van der Waals surface area (Å²) in [4.78, 5) is 26.5. The van der Waals surface area contributed by atoms with E-state index in [-0.39, 0.29) is 5.91 Å². The van der Waals surface area contributed by atoms with Crippen molar-refractivity contribution in [1.82, 2.24) is 9.97 Å². The molecule has 0 unspecified atom stereocenters. The van der Waals surface area contributed by atoms with Crippen molar-refractivity contribution in [3.05, 3.63) is 66.5 Å². The molecule has 0 aliphatic heterocycles. The fraction of sp³-hybridized carbons (Fsp3) is 0.346. The van der Waals surface area contributed by atoms with Crippen molar-refractivity contribution in [2.24, 2.45) is 0 Å². The average Bonchev–Trinajstić information content (AvgIpc) is 2.83. The second-order valence-electron chi connectivity index (χ2n) is 7.90. The molecule has 2 aromatic carbocycles. The van der Waals surface area contributed by atoms with Gasteiger partial charge in [0, 0.05) is 37.4 Å². The molecule has 0 aliphatic rings. The molecule has 0 atom stereocenters. The second kappa shape index (κ2) is 12.3. The second-order valence-corrected chi connectivity index (χ2v) is 8.32. The number of carbonyl (C=O) groups excluding carboxylic acids is 1. The Hall–Kier alpha value is -3.06. The monoisotopic (exact) mass is 463 g/mol. The van der Waals surface area contributed by atoms with Gasteiger partial charge in [-0.2, -0.15) is 0 Å². The van der Waals surface area contributed by atoms with E-state index in [0.29, 0.717) is 35.3 Å². The molecule has 0 radical (unpaired) electrons. The number of thiol groups is 1. The van der Waals surface area contributed by atoms with Crippen LogP contribution >= 0.6 is 12.6 Å². The Morgan fingerprint density at radius 3 is 2.09 bits per heavy atom. The summed E-state index contributed by atoms with van der Waals surface area (Å²) in [6.07, 6.45) is 2.29. The number of hydrogen-bond acceptors (Lipinski definition) is 6. The van der Waals surface area contributed by atoms with E-state index in [1.165, 1.54) is 0 Å². The third-order valence-electron chi connectivity index (χ3n) is 5.24. The molecule has 0 aliphatic carbocycles. The van der Waals surface area contributed by atoms with Crippen molar-refractivity contribution < 1.29 is 4.79 Å². The Labute approximate surface area is 202 Å². The van der Waals surface area contributed by atoms with Gasteiger partial charge < -0.3 is 15.1 Å². The quantitative estimate of drug-likeness (QED) is 0.275. The number of rotatable bonds is 11. The number of para-hydroxylation sites is 2. The van der Waals surface area contributed by atoms with Crippen LogP contribution in [0.15, 0.2) is 65.7 Å². The van der Waals surface area contributed by atoms with E-state index in [1.54, 1.807) is 0 Å². The Balaban J connectivity index is 1.82. The van der Waals surface area contributed by atoms with Gasteiger partial charge in [-0.15, -0.1) is 12.6 Å². The first kappa shape index (κ1) is 24.6. The van der Waals surface area contributed by atoms with Crippen LogP contribution in [0.4, 0.5) is 22.9 Å². The molecule has 3 aromatic rings. The molecule has 174 valence electrons. The zero-order chi connectivity index (χ0) is 23.6. The third kappa shape index (κ3) is 6.71. The van der Waals surface area contributed by atoms with Gasteiger partial charge in [0.15, 0.2) is 5.82 Å². The van der Waals surface area contributed by atoms with Gasteiger partial charge in [0.2, 0.25) is 5.91 Å². The van der Waals surface area contributed by atoms with E-state index in [1.807, 2.05) is 55.5 Å². The molecule has 33 heavy (non-hydrogen) atoms. The molecule has 6 nitrogen and oxygen atoms in total. The largest absolute Gasteiger partial charge is 0.371 e. The number of nitrogens with one attached hydrogen (secondary N) is 1. The van der Waals surface area contributed by atoms with Crippen molar-refractivity contribution in [1.29, 1.82) is 0 Å². The maximum atomic E-state index is 13.0. The SMILES string of the molecule is CCCN(CCC(=O)Nc1c(S)nc(C)nc1N(CCC)c1ccccc1)c1ccccc1. The number of benzene rings is 2. The van der Waals surface area contributed by atoms with Gasteiger partial charge in [0.25, 0.3) is 0 Å². The number of carbonyl (C=O) groups is 1. The predicted octanol–water partition coefficient (Wildman–Crippen LogP) is 5.87. The Morgan fingerprint density at radius 2 is 1.48 bits per heavy atom. The lowest BCUT2D eigenvalue weighted by atomic mass is 10.2. The highest BCUT2D eigenvalue weighted by Gasteiger charge is 2.20. The zero-order valence-corrected chi connectivity index (χ0v) is 20.6. The maximum absolute atomic E-state index is 13.0. The molecule has 1 N–H and O–H groups in total. The first-order chi connectivity index (χ1) is 16.0. The highest BCUT2D eigenvalue weighted by Crippen LogP contribution is 2.34. The summed E-state index contributed by atoms with van der Waals surface area (Å²) in [5.74, 6) is 1.20. The van der Waals surface area contributed by atoms with E-state index >= 15 is 0 Å². The van der Waals surface area contributed by atoms with Crippen molar-refractivity contribution in [2.75, 3.05) is 34.8 Å².